The van der Waals surface area contributed by atoms with Crippen LogP contribution >= 0.6 is 11.6 Å². The van der Waals surface area contributed by atoms with Crippen LogP contribution in [0, 0.1) is 0 Å². The summed E-state index contributed by atoms with van der Waals surface area (Å²) in [5.74, 6) is 1.77. The van der Waals surface area contributed by atoms with Crippen LogP contribution < -0.4 is 10.6 Å². The monoisotopic (exact) mass is 411 g/mol. The fourth-order valence-electron chi connectivity index (χ4n) is 3.68. The number of fused-ring (bicyclic) bond motifs is 1. The van der Waals surface area contributed by atoms with Crippen molar-refractivity contribution in [2.75, 3.05) is 25.0 Å². The van der Waals surface area contributed by atoms with Crippen LogP contribution in [0.3, 0.4) is 0 Å². The molecule has 1 aliphatic carbocycles. The van der Waals surface area contributed by atoms with E-state index >= 15 is 0 Å². The summed E-state index contributed by atoms with van der Waals surface area (Å²) >= 11 is 6.20. The standard InChI is InChI=1S/C20H22ClN7O/c1-11-10-28(7-6-22-11)20(29)19-23-15-5-4-13(21)8-14(15)18(25-19)24-17-9-16(26-27-17)12-2-3-12/h4-5,8-9,11-12,22H,2-3,6-7,10H2,1H3,(H2,23,24,25,26,27)/t11-/m0/s1. The first kappa shape index (κ1) is 18.3. The Labute approximate surface area is 173 Å². The first-order valence-corrected chi connectivity index (χ1v) is 10.3. The Morgan fingerprint density at radius 2 is 2.14 bits per heavy atom. The molecule has 8 nitrogen and oxygen atoms in total. The zero-order valence-corrected chi connectivity index (χ0v) is 16.8. The van der Waals surface area contributed by atoms with E-state index in [0.717, 1.165) is 17.6 Å². The van der Waals surface area contributed by atoms with Gasteiger partial charge in [-0.3, -0.25) is 9.89 Å². The molecule has 3 N–H and O–H groups in total. The van der Waals surface area contributed by atoms with Crippen molar-refractivity contribution in [3.05, 3.63) is 40.8 Å². The summed E-state index contributed by atoms with van der Waals surface area (Å²) in [6.45, 7) is 4.09. The summed E-state index contributed by atoms with van der Waals surface area (Å²) in [5, 5.41) is 15.3. The molecule has 0 unspecified atom stereocenters. The van der Waals surface area contributed by atoms with Crippen LogP contribution in [0.4, 0.5) is 11.6 Å². The fourth-order valence-corrected chi connectivity index (χ4v) is 3.85. The normalized spacial score (nSPS) is 19.5. The predicted octanol–water partition coefficient (Wildman–Crippen LogP) is 3.06. The summed E-state index contributed by atoms with van der Waals surface area (Å²) in [6, 6.07) is 7.61. The molecule has 2 fully saturated rings. The molecule has 1 aromatic carbocycles. The van der Waals surface area contributed by atoms with Crippen molar-refractivity contribution in [1.29, 1.82) is 0 Å². The van der Waals surface area contributed by atoms with Gasteiger partial charge in [0.05, 0.1) is 5.52 Å². The number of amides is 1. The molecule has 29 heavy (non-hydrogen) atoms. The van der Waals surface area contributed by atoms with Gasteiger partial charge in [0.2, 0.25) is 5.82 Å². The highest BCUT2D eigenvalue weighted by Gasteiger charge is 2.27. The third-order valence-corrected chi connectivity index (χ3v) is 5.60. The largest absolute Gasteiger partial charge is 0.333 e. The van der Waals surface area contributed by atoms with Crippen LogP contribution in [-0.2, 0) is 0 Å². The van der Waals surface area contributed by atoms with Gasteiger partial charge in [-0.2, -0.15) is 5.10 Å². The molecule has 9 heteroatoms. The maximum Gasteiger partial charge on any atom is 0.291 e. The summed E-state index contributed by atoms with van der Waals surface area (Å²) in [5.41, 5.74) is 1.78. The highest BCUT2D eigenvalue weighted by atomic mass is 35.5. The Hall–Kier alpha value is -2.71. The van der Waals surface area contributed by atoms with Crippen LogP contribution in [0.15, 0.2) is 24.3 Å². The molecule has 2 aliphatic rings. The molecule has 0 radical (unpaired) electrons. The summed E-state index contributed by atoms with van der Waals surface area (Å²) < 4.78 is 0. The number of H-pyrrole nitrogens is 1. The molecule has 1 saturated heterocycles. The number of halogens is 1. The second kappa shape index (κ2) is 7.27. The molecule has 3 heterocycles. The number of piperazine rings is 1. The van der Waals surface area contributed by atoms with Gasteiger partial charge in [0.25, 0.3) is 5.91 Å². The van der Waals surface area contributed by atoms with Crippen LogP contribution in [-0.4, -0.2) is 56.6 Å². The van der Waals surface area contributed by atoms with Gasteiger partial charge in [-0.15, -0.1) is 0 Å². The van der Waals surface area contributed by atoms with E-state index in [-0.39, 0.29) is 17.8 Å². The second-order valence-electron chi connectivity index (χ2n) is 7.77. The van der Waals surface area contributed by atoms with E-state index in [9.17, 15) is 4.79 Å². The molecule has 1 saturated carbocycles. The molecular formula is C20H22ClN7O. The van der Waals surface area contributed by atoms with Crippen molar-refractivity contribution in [3.8, 4) is 0 Å². The zero-order chi connectivity index (χ0) is 20.0. The molecule has 150 valence electrons. The van der Waals surface area contributed by atoms with Crippen LogP contribution in [0.25, 0.3) is 10.9 Å². The second-order valence-corrected chi connectivity index (χ2v) is 8.21. The lowest BCUT2D eigenvalue weighted by atomic mass is 10.2. The molecule has 2 aromatic heterocycles. The van der Waals surface area contributed by atoms with Crippen LogP contribution in [0.5, 0.6) is 0 Å². The van der Waals surface area contributed by atoms with Gasteiger partial charge in [-0.05, 0) is 38.0 Å². The van der Waals surface area contributed by atoms with Crippen molar-refractivity contribution < 1.29 is 4.79 Å². The minimum absolute atomic E-state index is 0.168. The van der Waals surface area contributed by atoms with Crippen molar-refractivity contribution in [2.45, 2.75) is 31.7 Å². The molecular weight excluding hydrogens is 390 g/mol. The first-order chi connectivity index (χ1) is 14.1. The highest BCUT2D eigenvalue weighted by Crippen LogP contribution is 2.39. The van der Waals surface area contributed by atoms with Crippen LogP contribution in [0.1, 0.15) is 42.0 Å². The zero-order valence-electron chi connectivity index (χ0n) is 16.1. The minimum atomic E-state index is -0.168. The molecule has 1 atom stereocenters. The number of hydrogen-bond acceptors (Lipinski definition) is 6. The van der Waals surface area contributed by atoms with Crippen molar-refractivity contribution in [1.82, 2.24) is 30.4 Å². The lowest BCUT2D eigenvalue weighted by Crippen LogP contribution is -2.51. The van der Waals surface area contributed by atoms with E-state index in [1.54, 1.807) is 17.0 Å². The van der Waals surface area contributed by atoms with E-state index in [1.807, 2.05) is 12.1 Å². The number of carbonyl (C=O) groups excluding carboxylic acids is 1. The van der Waals surface area contributed by atoms with E-state index in [2.05, 4.69) is 37.7 Å². The van der Waals surface area contributed by atoms with Crippen molar-refractivity contribution >= 4 is 40.0 Å². The third kappa shape index (κ3) is 3.77. The number of carbonyl (C=O) groups is 1. The van der Waals surface area contributed by atoms with E-state index in [4.69, 9.17) is 11.6 Å². The summed E-state index contributed by atoms with van der Waals surface area (Å²) in [7, 11) is 0. The molecule has 5 rings (SSSR count). The van der Waals surface area contributed by atoms with Gasteiger partial charge in [0.15, 0.2) is 5.82 Å². The first-order valence-electron chi connectivity index (χ1n) is 9.89. The Kier molecular flexibility index (Phi) is 4.60. The van der Waals surface area contributed by atoms with E-state index in [1.165, 1.54) is 12.8 Å². The number of anilines is 2. The minimum Gasteiger partial charge on any atom is -0.333 e. The molecule has 0 spiro atoms. The van der Waals surface area contributed by atoms with Gasteiger partial charge in [-0.25, -0.2) is 9.97 Å². The Balaban J connectivity index is 1.51. The van der Waals surface area contributed by atoms with Gasteiger partial charge in [-0.1, -0.05) is 11.6 Å². The maximum atomic E-state index is 13.1. The number of aromatic amines is 1. The smallest absolute Gasteiger partial charge is 0.291 e. The summed E-state index contributed by atoms with van der Waals surface area (Å²) in [6.07, 6.45) is 2.38. The molecule has 1 aliphatic heterocycles. The number of nitrogens with one attached hydrogen (secondary N) is 3. The third-order valence-electron chi connectivity index (χ3n) is 5.37. The Morgan fingerprint density at radius 3 is 2.93 bits per heavy atom. The molecule has 0 bridgehead atoms. The molecule has 3 aromatic rings. The highest BCUT2D eigenvalue weighted by molar-refractivity contribution is 6.31. The fraction of sp³-hybridized carbons (Fsp3) is 0.400. The number of rotatable bonds is 4. The van der Waals surface area contributed by atoms with Gasteiger partial charge >= 0.3 is 0 Å². The van der Waals surface area contributed by atoms with Crippen molar-refractivity contribution in [3.63, 3.8) is 0 Å². The Bertz CT molecular complexity index is 1080. The summed E-state index contributed by atoms with van der Waals surface area (Å²) in [4.78, 5) is 23.9. The van der Waals surface area contributed by atoms with Gasteiger partial charge in [0, 0.05) is 53.8 Å². The maximum absolute atomic E-state index is 13.1. The van der Waals surface area contributed by atoms with Gasteiger partial charge < -0.3 is 15.5 Å². The van der Waals surface area contributed by atoms with Gasteiger partial charge in [0.1, 0.15) is 5.82 Å². The Morgan fingerprint density at radius 1 is 1.28 bits per heavy atom. The van der Waals surface area contributed by atoms with Crippen molar-refractivity contribution in [2.24, 2.45) is 0 Å². The number of aromatic nitrogens is 4. The van der Waals surface area contributed by atoms with E-state index < -0.39 is 0 Å². The number of hydrogen-bond donors (Lipinski definition) is 3. The lowest BCUT2D eigenvalue weighted by Gasteiger charge is -2.31. The predicted molar refractivity (Wildman–Crippen MR) is 112 cm³/mol. The topological polar surface area (TPSA) is 98.8 Å². The van der Waals surface area contributed by atoms with Crippen LogP contribution in [0.2, 0.25) is 5.02 Å². The van der Waals surface area contributed by atoms with E-state index in [0.29, 0.717) is 41.2 Å². The average molecular weight is 412 g/mol. The average Bonchev–Trinajstić information content (AvgIpc) is 3.47. The number of nitrogens with zero attached hydrogens (tertiary/aromatic N) is 4. The lowest BCUT2D eigenvalue weighted by molar-refractivity contribution is 0.0697. The quantitative estimate of drug-likeness (QED) is 0.610. The number of benzene rings is 1. The SMILES string of the molecule is C[C@H]1CN(C(=O)c2nc(Nc3cc(C4CC4)[nH]n3)c3cc(Cl)ccc3n2)CCN1. The molecule has 1 amide bonds.